The Morgan fingerprint density at radius 1 is 1.04 bits per heavy atom. The van der Waals surface area contributed by atoms with Gasteiger partial charge < -0.3 is 33.2 Å². The highest BCUT2D eigenvalue weighted by Gasteiger charge is 2.59. The van der Waals surface area contributed by atoms with Gasteiger partial charge in [0.15, 0.2) is 14.6 Å². The van der Waals surface area contributed by atoms with Crippen molar-refractivity contribution in [1.82, 2.24) is 0 Å². The molecule has 1 aliphatic heterocycles. The number of aliphatic hydroxyl groups excluding tert-OH is 1. The number of carbonyl (C=O) groups excluding carboxylic acids is 1. The van der Waals surface area contributed by atoms with Crippen LogP contribution in [0.2, 0.25) is 18.1 Å². The van der Waals surface area contributed by atoms with Gasteiger partial charge in [-0.2, -0.15) is 0 Å². The Hall–Kier alpha value is -2.79. The van der Waals surface area contributed by atoms with Gasteiger partial charge in [-0.15, -0.1) is 6.58 Å². The largest absolute Gasteiger partial charge is 0.497 e. The zero-order valence-corrected chi connectivity index (χ0v) is 33.1. The van der Waals surface area contributed by atoms with Gasteiger partial charge in [0.25, 0.3) is 0 Å². The van der Waals surface area contributed by atoms with Gasteiger partial charge in [0, 0.05) is 17.9 Å². The molecule has 1 heterocycles. The Morgan fingerprint density at radius 2 is 1.62 bits per heavy atom. The molecule has 7 atom stereocenters. The molecule has 1 spiro atoms. The van der Waals surface area contributed by atoms with E-state index in [0.717, 1.165) is 29.0 Å². The van der Waals surface area contributed by atoms with Gasteiger partial charge in [-0.1, -0.05) is 78.0 Å². The number of methoxy groups -OCH3 is 2. The SMILES string of the molecule is C=C[C@H](OCc1ccc(OC)cc1)C(C)(C)C(=O)CC(O)/C(C)=C/[C@H]1[C@H](O[Si](C)(C)C(C)(C)C)[C@@H](C)C[C@]12COC(c1ccc(OC)cc1)O2. The molecule has 1 aliphatic carbocycles. The van der Waals surface area contributed by atoms with Crippen LogP contribution in [0, 0.1) is 17.3 Å². The summed E-state index contributed by atoms with van der Waals surface area (Å²) in [5, 5.41) is 11.6. The normalized spacial score (nSPS) is 25.8. The molecule has 8 nitrogen and oxygen atoms in total. The molecule has 0 aromatic heterocycles. The molecule has 2 aromatic carbocycles. The molecule has 1 saturated carbocycles. The third kappa shape index (κ3) is 8.80. The summed E-state index contributed by atoms with van der Waals surface area (Å²) in [6, 6.07) is 15.4. The fourth-order valence-corrected chi connectivity index (χ4v) is 8.15. The summed E-state index contributed by atoms with van der Waals surface area (Å²) >= 11 is 0. The lowest BCUT2D eigenvalue weighted by atomic mass is 9.78. The second kappa shape index (κ2) is 15.8. The Bertz CT molecular complexity index is 1480. The van der Waals surface area contributed by atoms with Gasteiger partial charge in [0.05, 0.1) is 51.2 Å². The quantitative estimate of drug-likeness (QED) is 0.145. The van der Waals surface area contributed by atoms with E-state index < -0.39 is 37.8 Å². The first-order chi connectivity index (χ1) is 23.4. The first kappa shape index (κ1) is 40.0. The summed E-state index contributed by atoms with van der Waals surface area (Å²) in [6.45, 7) is 23.8. The zero-order chi connectivity index (χ0) is 37.1. The number of Topliss-reactive ketones (excluding diaryl/α,β-unsaturated/α-hetero) is 1. The average molecular weight is 709 g/mol. The number of carbonyl (C=O) groups is 1. The molecule has 0 radical (unpaired) electrons. The van der Waals surface area contributed by atoms with Crippen molar-refractivity contribution >= 4 is 14.1 Å². The van der Waals surface area contributed by atoms with Crippen LogP contribution >= 0.6 is 0 Å². The monoisotopic (exact) mass is 708 g/mol. The maximum Gasteiger partial charge on any atom is 0.192 e. The number of benzene rings is 2. The lowest BCUT2D eigenvalue weighted by Crippen LogP contribution is -2.48. The molecule has 2 fully saturated rings. The molecule has 1 saturated heterocycles. The van der Waals surface area contributed by atoms with E-state index in [1.165, 1.54) is 0 Å². The van der Waals surface area contributed by atoms with E-state index in [9.17, 15) is 9.90 Å². The van der Waals surface area contributed by atoms with E-state index >= 15 is 0 Å². The van der Waals surface area contributed by atoms with Crippen molar-refractivity contribution in [2.24, 2.45) is 17.3 Å². The second-order valence-corrected chi connectivity index (χ2v) is 21.0. The minimum absolute atomic E-state index is 0.0130. The fraction of sp³-hybridized carbons (Fsp3) is 0.585. The van der Waals surface area contributed by atoms with Crippen molar-refractivity contribution in [1.29, 1.82) is 0 Å². The molecule has 9 heteroatoms. The number of ether oxygens (including phenoxy) is 5. The topological polar surface area (TPSA) is 92.7 Å². The maximum atomic E-state index is 13.8. The predicted molar refractivity (Wildman–Crippen MR) is 200 cm³/mol. The first-order valence-electron chi connectivity index (χ1n) is 17.8. The summed E-state index contributed by atoms with van der Waals surface area (Å²) < 4.78 is 37.1. The highest BCUT2D eigenvalue weighted by atomic mass is 28.4. The number of ketones is 1. The molecule has 2 aliphatic rings. The Morgan fingerprint density at radius 3 is 2.16 bits per heavy atom. The van der Waals surface area contributed by atoms with Crippen LogP contribution in [0.25, 0.3) is 0 Å². The van der Waals surface area contributed by atoms with Crippen LogP contribution in [0.4, 0.5) is 0 Å². The highest BCUT2D eigenvalue weighted by molar-refractivity contribution is 6.74. The number of aliphatic hydroxyl groups is 1. The van der Waals surface area contributed by atoms with Crippen LogP contribution in [0.5, 0.6) is 11.5 Å². The van der Waals surface area contributed by atoms with Gasteiger partial charge in [-0.3, -0.25) is 4.79 Å². The van der Waals surface area contributed by atoms with E-state index in [1.807, 2.05) is 69.3 Å². The summed E-state index contributed by atoms with van der Waals surface area (Å²) in [5.74, 6) is 1.42. The average Bonchev–Trinajstić information content (AvgIpc) is 3.60. The van der Waals surface area contributed by atoms with Gasteiger partial charge >= 0.3 is 0 Å². The van der Waals surface area contributed by atoms with Crippen LogP contribution < -0.4 is 9.47 Å². The number of hydrogen-bond acceptors (Lipinski definition) is 8. The zero-order valence-electron chi connectivity index (χ0n) is 32.1. The molecule has 2 aromatic rings. The van der Waals surface area contributed by atoms with Crippen molar-refractivity contribution < 1.29 is 38.0 Å². The minimum atomic E-state index is -2.18. The number of hydrogen-bond donors (Lipinski definition) is 1. The van der Waals surface area contributed by atoms with E-state index in [-0.39, 0.29) is 35.2 Å². The summed E-state index contributed by atoms with van der Waals surface area (Å²) in [7, 11) is 1.09. The molecule has 4 rings (SSSR count). The molecule has 50 heavy (non-hydrogen) atoms. The van der Waals surface area contributed by atoms with Crippen LogP contribution in [-0.2, 0) is 30.0 Å². The number of rotatable bonds is 15. The van der Waals surface area contributed by atoms with Crippen molar-refractivity contribution in [3.05, 3.63) is 84.0 Å². The van der Waals surface area contributed by atoms with Crippen LogP contribution in [0.3, 0.4) is 0 Å². The lowest BCUT2D eigenvalue weighted by Gasteiger charge is -2.41. The van der Waals surface area contributed by atoms with Crippen LogP contribution in [-0.4, -0.2) is 63.9 Å². The van der Waals surface area contributed by atoms with Gasteiger partial charge in [0.2, 0.25) is 0 Å². The third-order valence-corrected chi connectivity index (χ3v) is 15.7. The van der Waals surface area contributed by atoms with Crippen molar-refractivity contribution in [2.75, 3.05) is 20.8 Å². The van der Waals surface area contributed by atoms with Gasteiger partial charge in [0.1, 0.15) is 22.9 Å². The Kier molecular flexibility index (Phi) is 12.7. The minimum Gasteiger partial charge on any atom is -0.497 e. The van der Waals surface area contributed by atoms with Gasteiger partial charge in [-0.05, 0) is 72.8 Å². The van der Waals surface area contributed by atoms with E-state index in [2.05, 4.69) is 53.4 Å². The summed E-state index contributed by atoms with van der Waals surface area (Å²) in [5.41, 5.74) is 1.02. The lowest BCUT2D eigenvalue weighted by molar-refractivity contribution is -0.135. The molecule has 276 valence electrons. The first-order valence-corrected chi connectivity index (χ1v) is 20.7. The molecule has 2 unspecified atom stereocenters. The summed E-state index contributed by atoms with van der Waals surface area (Å²) in [6.07, 6.45) is 2.25. The van der Waals surface area contributed by atoms with Crippen LogP contribution in [0.1, 0.15) is 78.7 Å². The van der Waals surface area contributed by atoms with E-state index in [0.29, 0.717) is 18.8 Å². The third-order valence-electron chi connectivity index (χ3n) is 11.2. The van der Waals surface area contributed by atoms with E-state index in [4.69, 9.17) is 28.1 Å². The molecule has 1 N–H and O–H groups in total. The smallest absolute Gasteiger partial charge is 0.192 e. The molecular weight excluding hydrogens is 649 g/mol. The van der Waals surface area contributed by atoms with Crippen molar-refractivity contribution in [3.8, 4) is 11.5 Å². The van der Waals surface area contributed by atoms with E-state index in [1.54, 1.807) is 20.3 Å². The van der Waals surface area contributed by atoms with Crippen molar-refractivity contribution in [2.45, 2.75) is 116 Å². The van der Waals surface area contributed by atoms with Crippen molar-refractivity contribution in [3.63, 3.8) is 0 Å². The molecule has 0 bridgehead atoms. The highest BCUT2D eigenvalue weighted by Crippen LogP contribution is 2.53. The fourth-order valence-electron chi connectivity index (χ4n) is 6.74. The molecular formula is C41H60O8Si. The van der Waals surface area contributed by atoms with Crippen LogP contribution in [0.15, 0.2) is 72.8 Å². The summed E-state index contributed by atoms with van der Waals surface area (Å²) in [4.78, 5) is 13.8. The molecule has 0 amide bonds. The maximum absolute atomic E-state index is 13.8. The Balaban J connectivity index is 1.55. The predicted octanol–water partition coefficient (Wildman–Crippen LogP) is 8.60. The Labute approximate surface area is 301 Å². The standard InChI is InChI=1S/C41H60O8Si/c1-13-36(46-25-29-14-18-31(44-9)19-15-29)40(7,8)35(43)23-34(42)27(2)22-33-37(49-50(11,12)39(4,5)6)28(3)24-41(33)26-47-38(48-41)30-16-20-32(45-10)21-17-30/h13-22,28,33-34,36-38,42H,1,23-26H2,2-12H3/b27-22+/t28-,33-,34?,36-,37+,38?,41-/m0/s1. The van der Waals surface area contributed by atoms with Gasteiger partial charge in [-0.25, -0.2) is 0 Å². The second-order valence-electron chi connectivity index (χ2n) is 16.2.